The monoisotopic (exact) mass is 352 g/mol. The first-order valence-corrected chi connectivity index (χ1v) is 11.8. The van der Waals surface area contributed by atoms with Crippen LogP contribution in [-0.4, -0.2) is 26.2 Å². The molecule has 2 heteroatoms. The quantitative estimate of drug-likeness (QED) is 0.251. The first kappa shape index (κ1) is 23.0. The average Bonchev–Trinajstić information content (AvgIpc) is 3.37. The van der Waals surface area contributed by atoms with E-state index in [0.717, 1.165) is 18.4 Å². The molecule has 0 aliphatic heterocycles. The Kier molecular flexibility index (Phi) is 15.9. The minimum Gasteiger partial charge on any atom is -0.317 e. The highest BCUT2D eigenvalue weighted by molar-refractivity contribution is 4.85. The van der Waals surface area contributed by atoms with Crippen molar-refractivity contribution in [2.45, 2.75) is 110 Å². The summed E-state index contributed by atoms with van der Waals surface area (Å²) in [6, 6.07) is 0. The van der Waals surface area contributed by atoms with Crippen LogP contribution in [0.3, 0.4) is 0 Å². The number of unbranched alkanes of at least 4 members (excludes halogenated alkanes) is 9. The van der Waals surface area contributed by atoms with E-state index in [-0.39, 0.29) is 0 Å². The summed E-state index contributed by atoms with van der Waals surface area (Å²) in [5.74, 6) is 2.22. The van der Waals surface area contributed by atoms with Crippen molar-refractivity contribution in [3.8, 4) is 0 Å². The molecule has 0 unspecified atom stereocenters. The molecule has 0 amide bonds. The van der Waals surface area contributed by atoms with Gasteiger partial charge in [0, 0.05) is 0 Å². The maximum absolute atomic E-state index is 3.60. The minimum absolute atomic E-state index is 1.11. The average molecular weight is 353 g/mol. The van der Waals surface area contributed by atoms with Crippen molar-refractivity contribution >= 4 is 0 Å². The molecule has 0 saturated heterocycles. The van der Waals surface area contributed by atoms with Gasteiger partial charge in [0.05, 0.1) is 0 Å². The molecule has 0 aromatic rings. The lowest BCUT2D eigenvalue weighted by Crippen LogP contribution is -2.16. The molecule has 0 heterocycles. The van der Waals surface area contributed by atoms with Crippen molar-refractivity contribution in [3.63, 3.8) is 0 Å². The molecule has 2 N–H and O–H groups in total. The van der Waals surface area contributed by atoms with Crippen LogP contribution in [0.25, 0.3) is 0 Å². The summed E-state index contributed by atoms with van der Waals surface area (Å²) < 4.78 is 0. The van der Waals surface area contributed by atoms with Gasteiger partial charge in [-0.1, -0.05) is 84.5 Å². The molecular formula is C23H48N2. The summed E-state index contributed by atoms with van der Waals surface area (Å²) >= 11 is 0. The van der Waals surface area contributed by atoms with Crippen LogP contribution in [0.1, 0.15) is 110 Å². The van der Waals surface area contributed by atoms with E-state index in [2.05, 4.69) is 24.5 Å². The van der Waals surface area contributed by atoms with Crippen molar-refractivity contribution in [3.05, 3.63) is 0 Å². The lowest BCUT2D eigenvalue weighted by molar-refractivity contribution is 0.512. The molecule has 0 aromatic carbocycles. The van der Waals surface area contributed by atoms with Crippen LogP contribution in [0.4, 0.5) is 0 Å². The molecule has 2 atom stereocenters. The molecule has 1 rings (SSSR count). The van der Waals surface area contributed by atoms with Gasteiger partial charge in [0.1, 0.15) is 0 Å². The van der Waals surface area contributed by atoms with Crippen LogP contribution in [0.15, 0.2) is 0 Å². The van der Waals surface area contributed by atoms with Crippen molar-refractivity contribution in [2.75, 3.05) is 26.2 Å². The highest BCUT2D eigenvalue weighted by Crippen LogP contribution is 2.45. The Bertz CT molecular complexity index is 267. The number of hydrogen-bond donors (Lipinski definition) is 2. The van der Waals surface area contributed by atoms with E-state index in [1.807, 2.05) is 0 Å². The molecule has 1 aliphatic rings. The van der Waals surface area contributed by atoms with E-state index in [1.54, 1.807) is 6.42 Å². The second-order valence-corrected chi connectivity index (χ2v) is 8.33. The van der Waals surface area contributed by atoms with Gasteiger partial charge < -0.3 is 10.6 Å². The van der Waals surface area contributed by atoms with Gasteiger partial charge in [-0.25, -0.2) is 0 Å². The standard InChI is InChI=1S/C23H48N2/c1-3-5-6-13-19-25-20-15-10-8-12-17-23-21-22(23)16-11-7-9-14-18-24-4-2/h22-25H,3-21H2,1-2H3/t22-,23+/m1/s1. The fraction of sp³-hybridized carbons (Fsp3) is 1.00. The van der Waals surface area contributed by atoms with Crippen LogP contribution in [0.2, 0.25) is 0 Å². The van der Waals surface area contributed by atoms with E-state index in [4.69, 9.17) is 0 Å². The second-order valence-electron chi connectivity index (χ2n) is 8.33. The van der Waals surface area contributed by atoms with E-state index < -0.39 is 0 Å². The fourth-order valence-electron chi connectivity index (χ4n) is 4.02. The molecule has 0 spiro atoms. The van der Waals surface area contributed by atoms with Crippen LogP contribution in [0, 0.1) is 11.8 Å². The number of hydrogen-bond acceptors (Lipinski definition) is 2. The van der Waals surface area contributed by atoms with E-state index in [9.17, 15) is 0 Å². The lowest BCUT2D eigenvalue weighted by atomic mass is 10.1. The molecule has 1 fully saturated rings. The van der Waals surface area contributed by atoms with Crippen LogP contribution in [0.5, 0.6) is 0 Å². The zero-order valence-electron chi connectivity index (χ0n) is 17.6. The van der Waals surface area contributed by atoms with Gasteiger partial charge in [0.25, 0.3) is 0 Å². The predicted octanol–water partition coefficient (Wildman–Crippen LogP) is 6.30. The third kappa shape index (κ3) is 14.7. The highest BCUT2D eigenvalue weighted by Gasteiger charge is 2.34. The fourth-order valence-corrected chi connectivity index (χ4v) is 4.02. The zero-order valence-corrected chi connectivity index (χ0v) is 17.6. The minimum atomic E-state index is 1.11. The van der Waals surface area contributed by atoms with Crippen LogP contribution >= 0.6 is 0 Å². The Morgan fingerprint density at radius 2 is 1.04 bits per heavy atom. The Balaban J connectivity index is 1.71. The maximum Gasteiger partial charge on any atom is -0.00489 e. The smallest absolute Gasteiger partial charge is 0.00489 e. The molecule has 25 heavy (non-hydrogen) atoms. The molecule has 0 radical (unpaired) electrons. The van der Waals surface area contributed by atoms with Crippen LogP contribution < -0.4 is 10.6 Å². The summed E-state index contributed by atoms with van der Waals surface area (Å²) in [5.41, 5.74) is 0. The van der Waals surface area contributed by atoms with Gasteiger partial charge in [-0.3, -0.25) is 0 Å². The Hall–Kier alpha value is -0.0800. The van der Waals surface area contributed by atoms with Gasteiger partial charge in [0.2, 0.25) is 0 Å². The normalized spacial score (nSPS) is 19.4. The van der Waals surface area contributed by atoms with E-state index in [0.29, 0.717) is 0 Å². The molecule has 0 aromatic heterocycles. The molecule has 150 valence electrons. The van der Waals surface area contributed by atoms with Gasteiger partial charge in [0.15, 0.2) is 0 Å². The van der Waals surface area contributed by atoms with Crippen molar-refractivity contribution in [2.24, 2.45) is 11.8 Å². The van der Waals surface area contributed by atoms with Gasteiger partial charge in [-0.15, -0.1) is 0 Å². The molecule has 0 bridgehead atoms. The summed E-state index contributed by atoms with van der Waals surface area (Å²) in [6.07, 6.45) is 21.6. The summed E-state index contributed by atoms with van der Waals surface area (Å²) in [5, 5.41) is 7.02. The third-order valence-electron chi connectivity index (χ3n) is 5.88. The predicted molar refractivity (Wildman–Crippen MR) is 113 cm³/mol. The van der Waals surface area contributed by atoms with Crippen molar-refractivity contribution in [1.29, 1.82) is 0 Å². The molecule has 2 nitrogen and oxygen atoms in total. The maximum atomic E-state index is 3.60. The topological polar surface area (TPSA) is 24.1 Å². The zero-order chi connectivity index (χ0) is 18.0. The largest absolute Gasteiger partial charge is 0.317 e. The van der Waals surface area contributed by atoms with Gasteiger partial charge in [-0.2, -0.15) is 0 Å². The molecule has 1 aliphatic carbocycles. The highest BCUT2D eigenvalue weighted by atomic mass is 14.8. The van der Waals surface area contributed by atoms with Crippen molar-refractivity contribution < 1.29 is 0 Å². The Morgan fingerprint density at radius 3 is 1.56 bits per heavy atom. The lowest BCUT2D eigenvalue weighted by Gasteiger charge is -2.05. The second kappa shape index (κ2) is 17.3. The summed E-state index contributed by atoms with van der Waals surface area (Å²) in [6.45, 7) is 9.30. The number of rotatable bonds is 20. The Labute approximate surface area is 159 Å². The van der Waals surface area contributed by atoms with E-state index >= 15 is 0 Å². The van der Waals surface area contributed by atoms with Gasteiger partial charge in [-0.05, 0) is 63.7 Å². The third-order valence-corrected chi connectivity index (χ3v) is 5.88. The number of nitrogens with one attached hydrogen (secondary N) is 2. The van der Waals surface area contributed by atoms with E-state index in [1.165, 1.54) is 110 Å². The summed E-state index contributed by atoms with van der Waals surface area (Å²) in [7, 11) is 0. The molecular weight excluding hydrogens is 304 g/mol. The SMILES string of the molecule is CCCCCCNCCCCCC[C@H]1C[C@H]1CCCCCCNCC. The molecule has 1 saturated carbocycles. The van der Waals surface area contributed by atoms with Gasteiger partial charge >= 0.3 is 0 Å². The first-order chi connectivity index (χ1) is 12.4. The first-order valence-electron chi connectivity index (χ1n) is 11.8. The Morgan fingerprint density at radius 1 is 0.560 bits per heavy atom. The van der Waals surface area contributed by atoms with Crippen LogP contribution in [-0.2, 0) is 0 Å². The summed E-state index contributed by atoms with van der Waals surface area (Å²) in [4.78, 5) is 0. The van der Waals surface area contributed by atoms with Crippen molar-refractivity contribution in [1.82, 2.24) is 10.6 Å².